The summed E-state index contributed by atoms with van der Waals surface area (Å²) in [6.45, 7) is 4.70. The van der Waals surface area contributed by atoms with E-state index in [1.54, 1.807) is 24.8 Å². The monoisotopic (exact) mass is 413 g/mol. The summed E-state index contributed by atoms with van der Waals surface area (Å²) < 4.78 is 0. The molecule has 7 heteroatoms. The Bertz CT molecular complexity index is 1110. The summed E-state index contributed by atoms with van der Waals surface area (Å²) in [6, 6.07) is 12.1. The van der Waals surface area contributed by atoms with Crippen molar-refractivity contribution in [1.29, 1.82) is 0 Å². The second-order valence-corrected chi connectivity index (χ2v) is 7.56. The van der Waals surface area contributed by atoms with E-state index in [1.807, 2.05) is 25.1 Å². The van der Waals surface area contributed by atoms with Gasteiger partial charge >= 0.3 is 0 Å². The van der Waals surface area contributed by atoms with Crippen LogP contribution in [0.2, 0.25) is 0 Å². The standard InChI is InChI=1S/C24H27N7/c1-3-26-15-21(23(25)18-5-4-10-27-14-18)22-8-11-28-24(30-22)29-20-7-6-19-16-31(2)12-9-17(19)13-20/h4-8,10-11,13-15H,3,9,12,16,25H2,1-2H3,(H,28,29,30). The van der Waals surface area contributed by atoms with Gasteiger partial charge in [0, 0.05) is 61.3 Å². The molecular weight excluding hydrogens is 386 g/mol. The Kier molecular flexibility index (Phi) is 6.33. The third-order valence-corrected chi connectivity index (χ3v) is 5.26. The summed E-state index contributed by atoms with van der Waals surface area (Å²) in [5, 5.41) is 3.34. The van der Waals surface area contributed by atoms with Crippen molar-refractivity contribution in [2.24, 2.45) is 10.7 Å². The maximum Gasteiger partial charge on any atom is 0.227 e. The number of fused-ring (bicyclic) bond motifs is 1. The van der Waals surface area contributed by atoms with Crippen molar-refractivity contribution in [2.45, 2.75) is 19.9 Å². The normalized spacial score (nSPS) is 14.9. The van der Waals surface area contributed by atoms with Crippen molar-refractivity contribution < 1.29 is 0 Å². The molecule has 0 unspecified atom stereocenters. The molecule has 0 radical (unpaired) electrons. The van der Waals surface area contributed by atoms with Gasteiger partial charge in [-0.05, 0) is 61.9 Å². The molecule has 0 spiro atoms. The summed E-state index contributed by atoms with van der Waals surface area (Å²) in [5.74, 6) is 0.520. The first kappa shape index (κ1) is 20.7. The smallest absolute Gasteiger partial charge is 0.227 e. The van der Waals surface area contributed by atoms with Gasteiger partial charge in [0.25, 0.3) is 0 Å². The molecular formula is C24H27N7. The van der Waals surface area contributed by atoms with Crippen LogP contribution in [-0.4, -0.2) is 46.2 Å². The van der Waals surface area contributed by atoms with E-state index in [0.29, 0.717) is 23.9 Å². The first-order valence-corrected chi connectivity index (χ1v) is 10.4. The first-order chi connectivity index (χ1) is 15.1. The summed E-state index contributed by atoms with van der Waals surface area (Å²) in [4.78, 5) is 20.0. The van der Waals surface area contributed by atoms with Crippen LogP contribution in [0.1, 0.15) is 29.3 Å². The highest BCUT2D eigenvalue weighted by molar-refractivity contribution is 6.18. The molecule has 4 rings (SSSR count). The molecule has 0 saturated carbocycles. The molecule has 1 aliphatic heterocycles. The number of allylic oxidation sites excluding steroid dienone is 1. The molecule has 0 atom stereocenters. The van der Waals surface area contributed by atoms with E-state index in [2.05, 4.69) is 50.4 Å². The van der Waals surface area contributed by atoms with Crippen LogP contribution in [0.3, 0.4) is 0 Å². The fourth-order valence-corrected chi connectivity index (χ4v) is 3.60. The number of nitrogens with zero attached hydrogens (tertiary/aromatic N) is 5. The number of aromatic nitrogens is 3. The predicted molar refractivity (Wildman–Crippen MR) is 126 cm³/mol. The van der Waals surface area contributed by atoms with Gasteiger partial charge in [0.15, 0.2) is 0 Å². The van der Waals surface area contributed by atoms with Crippen molar-refractivity contribution >= 4 is 29.1 Å². The van der Waals surface area contributed by atoms with Crippen LogP contribution in [0.4, 0.5) is 11.6 Å². The van der Waals surface area contributed by atoms with Gasteiger partial charge < -0.3 is 16.0 Å². The van der Waals surface area contributed by atoms with Gasteiger partial charge in [-0.3, -0.25) is 9.98 Å². The highest BCUT2D eigenvalue weighted by Crippen LogP contribution is 2.24. The third kappa shape index (κ3) is 4.95. The predicted octanol–water partition coefficient (Wildman–Crippen LogP) is 3.52. The molecule has 3 heterocycles. The molecule has 7 nitrogen and oxygen atoms in total. The molecule has 1 aromatic carbocycles. The van der Waals surface area contributed by atoms with Crippen LogP contribution in [0.5, 0.6) is 0 Å². The molecule has 158 valence electrons. The van der Waals surface area contributed by atoms with Crippen LogP contribution in [0.25, 0.3) is 11.3 Å². The highest BCUT2D eigenvalue weighted by atomic mass is 15.1. The Morgan fingerprint density at radius 1 is 1.23 bits per heavy atom. The number of rotatable bonds is 6. The Labute approximate surface area is 182 Å². The van der Waals surface area contributed by atoms with E-state index in [4.69, 9.17) is 10.7 Å². The molecule has 0 aliphatic carbocycles. The van der Waals surface area contributed by atoms with Crippen LogP contribution in [0, 0.1) is 0 Å². The molecule has 0 saturated heterocycles. The van der Waals surface area contributed by atoms with Gasteiger partial charge in [-0.15, -0.1) is 0 Å². The van der Waals surface area contributed by atoms with E-state index >= 15 is 0 Å². The second-order valence-electron chi connectivity index (χ2n) is 7.56. The largest absolute Gasteiger partial charge is 0.398 e. The average Bonchev–Trinajstić information content (AvgIpc) is 2.80. The first-order valence-electron chi connectivity index (χ1n) is 10.4. The zero-order valence-electron chi connectivity index (χ0n) is 17.9. The molecule has 0 fully saturated rings. The minimum absolute atomic E-state index is 0.520. The minimum Gasteiger partial charge on any atom is -0.398 e. The quantitative estimate of drug-likeness (QED) is 0.601. The van der Waals surface area contributed by atoms with Crippen molar-refractivity contribution in [3.8, 4) is 0 Å². The lowest BCUT2D eigenvalue weighted by Gasteiger charge is -2.25. The Balaban J connectivity index is 1.64. The number of hydrogen-bond acceptors (Lipinski definition) is 7. The summed E-state index contributed by atoms with van der Waals surface area (Å²) in [5.41, 5.74) is 13.0. The summed E-state index contributed by atoms with van der Waals surface area (Å²) in [6.07, 6.45) is 8.00. The molecule has 3 aromatic rings. The maximum atomic E-state index is 6.47. The van der Waals surface area contributed by atoms with Gasteiger partial charge in [0.05, 0.1) is 11.4 Å². The molecule has 1 aliphatic rings. The lowest BCUT2D eigenvalue weighted by atomic mass is 9.99. The van der Waals surface area contributed by atoms with Gasteiger partial charge in [0.2, 0.25) is 5.95 Å². The number of nitrogens with two attached hydrogens (primary N) is 1. The summed E-state index contributed by atoms with van der Waals surface area (Å²) >= 11 is 0. The SMILES string of the molecule is CCN=CC(=C(N)c1cccnc1)c1ccnc(Nc2ccc3c(c2)CCN(C)C3)n1. The van der Waals surface area contributed by atoms with Crippen molar-refractivity contribution in [3.63, 3.8) is 0 Å². The molecule has 3 N–H and O–H groups in total. The second kappa shape index (κ2) is 9.49. The molecule has 2 aromatic heterocycles. The van der Waals surface area contributed by atoms with E-state index in [1.165, 1.54) is 11.1 Å². The van der Waals surface area contributed by atoms with E-state index in [9.17, 15) is 0 Å². The number of pyridine rings is 1. The van der Waals surface area contributed by atoms with Crippen molar-refractivity contribution in [3.05, 3.63) is 77.4 Å². The zero-order valence-corrected chi connectivity index (χ0v) is 17.9. The van der Waals surface area contributed by atoms with Crippen LogP contribution in [-0.2, 0) is 13.0 Å². The minimum atomic E-state index is 0.520. The Morgan fingerprint density at radius 2 is 2.13 bits per heavy atom. The zero-order chi connectivity index (χ0) is 21.6. The van der Waals surface area contributed by atoms with E-state index < -0.39 is 0 Å². The molecule has 31 heavy (non-hydrogen) atoms. The summed E-state index contributed by atoms with van der Waals surface area (Å²) in [7, 11) is 2.15. The average molecular weight is 414 g/mol. The lowest BCUT2D eigenvalue weighted by Crippen LogP contribution is -2.26. The number of aliphatic imine (C=N–C) groups is 1. The highest BCUT2D eigenvalue weighted by Gasteiger charge is 2.14. The lowest BCUT2D eigenvalue weighted by molar-refractivity contribution is 0.313. The molecule has 0 amide bonds. The van der Waals surface area contributed by atoms with E-state index in [-0.39, 0.29) is 0 Å². The Hall–Kier alpha value is -3.58. The fourth-order valence-electron chi connectivity index (χ4n) is 3.60. The number of likely N-dealkylation sites (N-methyl/N-ethyl adjacent to an activating group) is 1. The van der Waals surface area contributed by atoms with Crippen molar-refractivity contribution in [1.82, 2.24) is 19.9 Å². The van der Waals surface area contributed by atoms with Crippen LogP contribution >= 0.6 is 0 Å². The van der Waals surface area contributed by atoms with Crippen molar-refractivity contribution in [2.75, 3.05) is 25.5 Å². The number of benzene rings is 1. The van der Waals surface area contributed by atoms with Gasteiger partial charge in [-0.1, -0.05) is 6.07 Å². The number of nitrogens with one attached hydrogen (secondary N) is 1. The fraction of sp³-hybridized carbons (Fsp3) is 0.250. The number of hydrogen-bond donors (Lipinski definition) is 2. The van der Waals surface area contributed by atoms with E-state index in [0.717, 1.165) is 36.3 Å². The van der Waals surface area contributed by atoms with Gasteiger partial charge in [-0.2, -0.15) is 0 Å². The number of anilines is 2. The van der Waals surface area contributed by atoms with Crippen LogP contribution in [0.15, 0.2) is 60.0 Å². The third-order valence-electron chi connectivity index (χ3n) is 5.26. The van der Waals surface area contributed by atoms with Crippen LogP contribution < -0.4 is 11.1 Å². The maximum absolute atomic E-state index is 6.47. The molecule has 0 bridgehead atoms. The van der Waals surface area contributed by atoms with Gasteiger partial charge in [-0.25, -0.2) is 9.97 Å². The van der Waals surface area contributed by atoms with Gasteiger partial charge in [0.1, 0.15) is 0 Å². The Morgan fingerprint density at radius 3 is 2.94 bits per heavy atom. The topological polar surface area (TPSA) is 92.3 Å².